The summed E-state index contributed by atoms with van der Waals surface area (Å²) in [5, 5.41) is 3.16. The second kappa shape index (κ2) is 6.34. The van der Waals surface area contributed by atoms with Gasteiger partial charge in [-0.15, -0.1) is 0 Å². The first-order valence-corrected chi connectivity index (χ1v) is 5.57. The van der Waals surface area contributed by atoms with Gasteiger partial charge in [0.2, 0.25) is 0 Å². The third-order valence-electron chi connectivity index (χ3n) is 1.88. The Bertz CT molecular complexity index is 231. The van der Waals surface area contributed by atoms with Crippen molar-refractivity contribution >= 4 is 10.1 Å². The van der Waals surface area contributed by atoms with E-state index < -0.39 is 10.1 Å². The van der Waals surface area contributed by atoms with Gasteiger partial charge >= 0.3 is 29.6 Å². The summed E-state index contributed by atoms with van der Waals surface area (Å²) in [6, 6.07) is 0. The van der Waals surface area contributed by atoms with Crippen molar-refractivity contribution in [1.29, 1.82) is 0 Å². The SMILES string of the molecule is O=S(=O)(O)CCN1CCNCC1.[H-].[Na+]. The summed E-state index contributed by atoms with van der Waals surface area (Å²) < 4.78 is 29.3. The first-order chi connectivity index (χ1) is 5.58. The van der Waals surface area contributed by atoms with Crippen LogP contribution < -0.4 is 34.9 Å². The zero-order valence-electron chi connectivity index (χ0n) is 8.86. The normalized spacial score (nSPS) is 19.5. The molecule has 74 valence electrons. The van der Waals surface area contributed by atoms with Gasteiger partial charge in [-0.1, -0.05) is 0 Å². The van der Waals surface area contributed by atoms with Crippen molar-refractivity contribution in [2.24, 2.45) is 0 Å². The van der Waals surface area contributed by atoms with Crippen molar-refractivity contribution in [2.75, 3.05) is 38.5 Å². The molecule has 1 aliphatic rings. The molecular formula is C6H15N2NaO3S. The molecule has 7 heteroatoms. The molecule has 1 heterocycles. The van der Waals surface area contributed by atoms with Gasteiger partial charge in [-0.2, -0.15) is 8.42 Å². The van der Waals surface area contributed by atoms with Gasteiger partial charge in [-0.3, -0.25) is 9.45 Å². The van der Waals surface area contributed by atoms with Crippen LogP contribution in [0.1, 0.15) is 1.43 Å². The van der Waals surface area contributed by atoms with Crippen LogP contribution in [0.4, 0.5) is 0 Å². The third-order valence-corrected chi connectivity index (χ3v) is 2.57. The van der Waals surface area contributed by atoms with Crippen molar-refractivity contribution in [3.05, 3.63) is 0 Å². The topological polar surface area (TPSA) is 69.6 Å². The van der Waals surface area contributed by atoms with E-state index in [0.717, 1.165) is 26.2 Å². The van der Waals surface area contributed by atoms with Crippen molar-refractivity contribution in [1.82, 2.24) is 10.2 Å². The summed E-state index contributed by atoms with van der Waals surface area (Å²) in [5.41, 5.74) is 0. The average Bonchev–Trinajstić information content (AvgIpc) is 2.02. The molecule has 1 saturated heterocycles. The van der Waals surface area contributed by atoms with Crippen molar-refractivity contribution < 1.29 is 44.0 Å². The monoisotopic (exact) mass is 218 g/mol. The van der Waals surface area contributed by atoms with Gasteiger partial charge in [-0.05, 0) is 0 Å². The number of nitrogens with zero attached hydrogens (tertiary/aromatic N) is 1. The molecule has 0 aromatic carbocycles. The van der Waals surface area contributed by atoms with Crippen molar-refractivity contribution in [2.45, 2.75) is 0 Å². The van der Waals surface area contributed by atoms with Crippen LogP contribution in [-0.4, -0.2) is 56.3 Å². The smallest absolute Gasteiger partial charge is 1.00 e. The summed E-state index contributed by atoms with van der Waals surface area (Å²) in [5.74, 6) is -0.160. The van der Waals surface area contributed by atoms with Gasteiger partial charge in [0.25, 0.3) is 10.1 Å². The van der Waals surface area contributed by atoms with Crippen LogP contribution in [0.5, 0.6) is 0 Å². The first kappa shape index (κ1) is 13.8. The Hall–Kier alpha value is 0.830. The van der Waals surface area contributed by atoms with Gasteiger partial charge in [0.15, 0.2) is 0 Å². The maximum absolute atomic E-state index is 10.4. The quantitative estimate of drug-likeness (QED) is 0.372. The number of nitrogens with one attached hydrogen (secondary N) is 1. The molecule has 1 aliphatic heterocycles. The zero-order valence-corrected chi connectivity index (χ0v) is 10.7. The molecule has 0 spiro atoms. The Morgan fingerprint density at radius 2 is 1.92 bits per heavy atom. The fraction of sp³-hybridized carbons (Fsp3) is 1.00. The third kappa shape index (κ3) is 6.84. The van der Waals surface area contributed by atoms with Crippen molar-refractivity contribution in [3.63, 3.8) is 0 Å². The molecular weight excluding hydrogens is 203 g/mol. The summed E-state index contributed by atoms with van der Waals surface area (Å²) in [7, 11) is -3.79. The molecule has 2 N–H and O–H groups in total. The van der Waals surface area contributed by atoms with E-state index in [1.165, 1.54) is 0 Å². The number of hydrogen-bond acceptors (Lipinski definition) is 4. The van der Waals surface area contributed by atoms with E-state index in [9.17, 15) is 8.42 Å². The standard InChI is InChI=1S/C6H14N2O3S.Na.H/c9-12(10,11)6-5-8-3-1-7-2-4-8;;/h7H,1-6H2,(H,9,10,11);;/q;+1;-1. The minimum Gasteiger partial charge on any atom is -1.00 e. The van der Waals surface area contributed by atoms with Gasteiger partial charge in [0, 0.05) is 32.7 Å². The Kier molecular flexibility index (Phi) is 6.74. The predicted molar refractivity (Wildman–Crippen MR) is 46.8 cm³/mol. The molecule has 1 fully saturated rings. The van der Waals surface area contributed by atoms with Gasteiger partial charge in [-0.25, -0.2) is 0 Å². The van der Waals surface area contributed by atoms with E-state index in [1.807, 2.05) is 4.90 Å². The molecule has 13 heavy (non-hydrogen) atoms. The summed E-state index contributed by atoms with van der Waals surface area (Å²) >= 11 is 0. The van der Waals surface area contributed by atoms with E-state index in [-0.39, 0.29) is 36.7 Å². The molecule has 0 saturated carbocycles. The van der Waals surface area contributed by atoms with Crippen LogP contribution in [0, 0.1) is 0 Å². The molecule has 0 unspecified atom stereocenters. The van der Waals surface area contributed by atoms with Crippen LogP contribution in [0.3, 0.4) is 0 Å². The zero-order chi connectivity index (χ0) is 9.03. The number of hydrogen-bond donors (Lipinski definition) is 2. The summed E-state index contributed by atoms with van der Waals surface area (Å²) in [4.78, 5) is 2.02. The molecule has 0 atom stereocenters. The molecule has 0 aromatic heterocycles. The molecule has 0 radical (unpaired) electrons. The minimum atomic E-state index is -3.79. The first-order valence-electron chi connectivity index (χ1n) is 3.96. The summed E-state index contributed by atoms with van der Waals surface area (Å²) in [6.45, 7) is 3.93. The molecule has 1 rings (SSSR count). The minimum absolute atomic E-state index is 0. The molecule has 0 bridgehead atoms. The number of piperazine rings is 1. The van der Waals surface area contributed by atoms with E-state index in [0.29, 0.717) is 6.54 Å². The van der Waals surface area contributed by atoms with E-state index >= 15 is 0 Å². The van der Waals surface area contributed by atoms with Gasteiger partial charge < -0.3 is 6.74 Å². The predicted octanol–water partition coefficient (Wildman–Crippen LogP) is -4.10. The second-order valence-electron chi connectivity index (χ2n) is 2.88. The average molecular weight is 218 g/mol. The molecule has 0 amide bonds. The van der Waals surface area contributed by atoms with Crippen LogP contribution in [0.25, 0.3) is 0 Å². The maximum atomic E-state index is 10.4. The maximum Gasteiger partial charge on any atom is 1.00 e. The Balaban J connectivity index is 0. The fourth-order valence-electron chi connectivity index (χ4n) is 1.18. The Morgan fingerprint density at radius 1 is 1.38 bits per heavy atom. The van der Waals surface area contributed by atoms with Gasteiger partial charge in [0.05, 0.1) is 5.75 Å². The van der Waals surface area contributed by atoms with Crippen LogP contribution >= 0.6 is 0 Å². The fourth-order valence-corrected chi connectivity index (χ4v) is 1.67. The van der Waals surface area contributed by atoms with Crippen LogP contribution in [0.15, 0.2) is 0 Å². The molecule has 5 nitrogen and oxygen atoms in total. The summed E-state index contributed by atoms with van der Waals surface area (Å²) in [6.07, 6.45) is 0. The van der Waals surface area contributed by atoms with Gasteiger partial charge in [0.1, 0.15) is 0 Å². The Morgan fingerprint density at radius 3 is 2.38 bits per heavy atom. The molecule has 0 aromatic rings. The van der Waals surface area contributed by atoms with E-state index in [4.69, 9.17) is 4.55 Å². The van der Waals surface area contributed by atoms with E-state index in [2.05, 4.69) is 5.32 Å². The Labute approximate surface area is 102 Å². The van der Waals surface area contributed by atoms with Crippen molar-refractivity contribution in [3.8, 4) is 0 Å². The largest absolute Gasteiger partial charge is 1.00 e. The van der Waals surface area contributed by atoms with Crippen LogP contribution in [0.2, 0.25) is 0 Å². The van der Waals surface area contributed by atoms with Crippen LogP contribution in [-0.2, 0) is 10.1 Å². The molecule has 0 aliphatic carbocycles. The second-order valence-corrected chi connectivity index (χ2v) is 4.45. The van der Waals surface area contributed by atoms with E-state index in [1.54, 1.807) is 0 Å². The number of rotatable bonds is 3.